The minimum Gasteiger partial charge on any atom is -0.481 e. The van der Waals surface area contributed by atoms with Crippen molar-refractivity contribution >= 4 is 57.4 Å². The van der Waals surface area contributed by atoms with Gasteiger partial charge in [-0.2, -0.15) is 0 Å². The highest BCUT2D eigenvalue weighted by molar-refractivity contribution is 14.1. The van der Waals surface area contributed by atoms with E-state index in [2.05, 4.69) is 69.4 Å². The van der Waals surface area contributed by atoms with Gasteiger partial charge in [0.05, 0.1) is 0 Å². The molecule has 0 spiro atoms. The summed E-state index contributed by atoms with van der Waals surface area (Å²) in [6.07, 6.45) is 5.45. The molecule has 5 heteroatoms. The summed E-state index contributed by atoms with van der Waals surface area (Å²) in [6, 6.07) is 16.6. The zero-order chi connectivity index (χ0) is 18.5. The van der Waals surface area contributed by atoms with Gasteiger partial charge in [0.25, 0.3) is 0 Å². The number of unbranched alkanes of at least 4 members (excludes halogenated alkanes) is 1. The molecule has 0 aliphatic rings. The molecule has 0 aliphatic carbocycles. The van der Waals surface area contributed by atoms with Gasteiger partial charge in [0, 0.05) is 20.0 Å². The standard InChI is InChI=1S/C10H11IO2.C10H11IO/c11-9-6-4-8(5-7-9)2-1-3-10(12)13;11-10-6-4-9(5-7-10)3-1-2-8-12/h4-7H,1-3H2,(H,12,13);4-8H,1-3H2. The largest absolute Gasteiger partial charge is 0.481 e. The van der Waals surface area contributed by atoms with Crippen LogP contribution in [0, 0.1) is 7.14 Å². The van der Waals surface area contributed by atoms with Crippen molar-refractivity contribution in [3.05, 3.63) is 66.8 Å². The molecule has 1 N–H and O–H groups in total. The van der Waals surface area contributed by atoms with Gasteiger partial charge in [-0.15, -0.1) is 0 Å². The van der Waals surface area contributed by atoms with Gasteiger partial charge in [-0.25, -0.2) is 0 Å². The number of aryl methyl sites for hydroxylation is 2. The number of hydrogen-bond donors (Lipinski definition) is 1. The average Bonchev–Trinajstić information content (AvgIpc) is 2.59. The Morgan fingerprint density at radius 3 is 1.68 bits per heavy atom. The molecule has 0 atom stereocenters. The number of carbonyl (C=O) groups excluding carboxylic acids is 1. The minimum atomic E-state index is -0.717. The van der Waals surface area contributed by atoms with Crippen LogP contribution in [0.3, 0.4) is 0 Å². The molecule has 134 valence electrons. The highest BCUT2D eigenvalue weighted by atomic mass is 127. The number of benzene rings is 2. The highest BCUT2D eigenvalue weighted by Crippen LogP contribution is 2.10. The van der Waals surface area contributed by atoms with E-state index in [0.29, 0.717) is 6.42 Å². The maximum absolute atomic E-state index is 10.2. The van der Waals surface area contributed by atoms with Crippen molar-refractivity contribution in [2.75, 3.05) is 0 Å². The Balaban J connectivity index is 0.000000251. The number of carboxylic acid groups (broad SMARTS) is 1. The second kappa shape index (κ2) is 13.3. The number of carbonyl (C=O) groups is 2. The van der Waals surface area contributed by atoms with Crippen LogP contribution in [0.2, 0.25) is 0 Å². The molecule has 0 fully saturated rings. The van der Waals surface area contributed by atoms with Crippen LogP contribution in [0.1, 0.15) is 36.8 Å². The van der Waals surface area contributed by atoms with E-state index in [9.17, 15) is 9.59 Å². The van der Waals surface area contributed by atoms with Crippen molar-refractivity contribution in [3.8, 4) is 0 Å². The van der Waals surface area contributed by atoms with Crippen LogP contribution in [0.5, 0.6) is 0 Å². The Morgan fingerprint density at radius 1 is 0.840 bits per heavy atom. The van der Waals surface area contributed by atoms with Gasteiger partial charge in [-0.3, -0.25) is 4.79 Å². The lowest BCUT2D eigenvalue weighted by Gasteiger charge is -1.99. The van der Waals surface area contributed by atoms with Gasteiger partial charge < -0.3 is 9.90 Å². The van der Waals surface area contributed by atoms with Gasteiger partial charge in [0.1, 0.15) is 6.29 Å². The van der Waals surface area contributed by atoms with Gasteiger partial charge >= 0.3 is 5.97 Å². The molecular formula is C20H22I2O3. The first-order valence-corrected chi connectivity index (χ1v) is 10.3. The third-order valence-electron chi connectivity index (χ3n) is 3.47. The molecule has 3 nitrogen and oxygen atoms in total. The van der Waals surface area contributed by atoms with Gasteiger partial charge in [0.2, 0.25) is 0 Å². The van der Waals surface area contributed by atoms with E-state index in [1.165, 1.54) is 18.3 Å². The lowest BCUT2D eigenvalue weighted by atomic mass is 10.1. The molecule has 0 bridgehead atoms. The molecule has 0 saturated heterocycles. The van der Waals surface area contributed by atoms with E-state index >= 15 is 0 Å². The number of hydrogen-bond acceptors (Lipinski definition) is 2. The first kappa shape index (κ1) is 22.1. The zero-order valence-corrected chi connectivity index (χ0v) is 18.3. The smallest absolute Gasteiger partial charge is 0.303 e. The van der Waals surface area contributed by atoms with E-state index in [1.807, 2.05) is 24.3 Å². The van der Waals surface area contributed by atoms with Crippen LogP contribution in [0.4, 0.5) is 0 Å². The summed E-state index contributed by atoms with van der Waals surface area (Å²) in [7, 11) is 0. The number of aldehydes is 1. The monoisotopic (exact) mass is 564 g/mol. The van der Waals surface area contributed by atoms with E-state index in [0.717, 1.165) is 32.0 Å². The minimum absolute atomic E-state index is 0.256. The molecule has 0 saturated carbocycles. The number of carboxylic acids is 1. The quantitative estimate of drug-likeness (QED) is 0.262. The van der Waals surface area contributed by atoms with E-state index < -0.39 is 5.97 Å². The van der Waals surface area contributed by atoms with Gasteiger partial charge in [-0.1, -0.05) is 24.3 Å². The molecule has 0 radical (unpaired) electrons. The Kier molecular flexibility index (Phi) is 11.7. The van der Waals surface area contributed by atoms with Crippen LogP contribution in [0.15, 0.2) is 48.5 Å². The molecule has 0 amide bonds. The summed E-state index contributed by atoms with van der Waals surface area (Å²) < 4.78 is 2.46. The number of halogens is 2. The number of rotatable bonds is 8. The van der Waals surface area contributed by atoms with E-state index in [4.69, 9.17) is 5.11 Å². The zero-order valence-electron chi connectivity index (χ0n) is 14.0. The molecule has 25 heavy (non-hydrogen) atoms. The average molecular weight is 564 g/mol. The normalized spacial score (nSPS) is 9.84. The second-order valence-corrected chi connectivity index (χ2v) is 8.05. The first-order valence-electron chi connectivity index (χ1n) is 8.15. The Hall–Kier alpha value is -0.960. The van der Waals surface area contributed by atoms with Crippen LogP contribution < -0.4 is 0 Å². The molecule has 0 unspecified atom stereocenters. The van der Waals surface area contributed by atoms with Crippen molar-refractivity contribution in [3.63, 3.8) is 0 Å². The Morgan fingerprint density at radius 2 is 1.28 bits per heavy atom. The summed E-state index contributed by atoms with van der Waals surface area (Å²) in [5, 5.41) is 8.43. The van der Waals surface area contributed by atoms with Gasteiger partial charge in [-0.05, 0) is 106 Å². The van der Waals surface area contributed by atoms with E-state index in [1.54, 1.807) is 0 Å². The van der Waals surface area contributed by atoms with Crippen LogP contribution in [0.25, 0.3) is 0 Å². The fourth-order valence-corrected chi connectivity index (χ4v) is 2.85. The maximum atomic E-state index is 10.2. The van der Waals surface area contributed by atoms with Crippen molar-refractivity contribution in [1.82, 2.24) is 0 Å². The second-order valence-electron chi connectivity index (χ2n) is 5.56. The molecule has 2 rings (SSSR count). The first-order chi connectivity index (χ1) is 12.0. The summed E-state index contributed by atoms with van der Waals surface area (Å²) >= 11 is 4.54. The van der Waals surface area contributed by atoms with Gasteiger partial charge in [0.15, 0.2) is 0 Å². The third kappa shape index (κ3) is 11.3. The lowest BCUT2D eigenvalue weighted by molar-refractivity contribution is -0.137. The molecular weight excluding hydrogens is 542 g/mol. The fraction of sp³-hybridized carbons (Fsp3) is 0.300. The van der Waals surface area contributed by atoms with Crippen molar-refractivity contribution < 1.29 is 14.7 Å². The third-order valence-corrected chi connectivity index (χ3v) is 4.91. The van der Waals surface area contributed by atoms with Crippen molar-refractivity contribution in [1.29, 1.82) is 0 Å². The Bertz CT molecular complexity index is 637. The molecule has 2 aromatic carbocycles. The van der Waals surface area contributed by atoms with Crippen molar-refractivity contribution in [2.45, 2.75) is 38.5 Å². The molecule has 2 aromatic rings. The van der Waals surface area contributed by atoms with Crippen molar-refractivity contribution in [2.24, 2.45) is 0 Å². The topological polar surface area (TPSA) is 54.4 Å². The summed E-state index contributed by atoms with van der Waals surface area (Å²) in [5.74, 6) is -0.717. The predicted octanol–water partition coefficient (Wildman–Crippen LogP) is 5.51. The van der Waals surface area contributed by atoms with Crippen LogP contribution in [-0.2, 0) is 22.4 Å². The van der Waals surface area contributed by atoms with E-state index in [-0.39, 0.29) is 6.42 Å². The fourth-order valence-electron chi connectivity index (χ4n) is 2.14. The lowest BCUT2D eigenvalue weighted by Crippen LogP contribution is -1.95. The predicted molar refractivity (Wildman–Crippen MR) is 118 cm³/mol. The number of aliphatic carboxylic acids is 1. The van der Waals surface area contributed by atoms with Crippen LogP contribution >= 0.6 is 45.2 Å². The Labute approximate surface area is 176 Å². The summed E-state index contributed by atoms with van der Waals surface area (Å²) in [6.45, 7) is 0. The van der Waals surface area contributed by atoms with Crippen LogP contribution in [-0.4, -0.2) is 17.4 Å². The highest BCUT2D eigenvalue weighted by Gasteiger charge is 1.97. The molecule has 0 aliphatic heterocycles. The summed E-state index contributed by atoms with van der Waals surface area (Å²) in [5.41, 5.74) is 2.53. The maximum Gasteiger partial charge on any atom is 0.303 e. The molecule has 0 heterocycles. The summed E-state index contributed by atoms with van der Waals surface area (Å²) in [4.78, 5) is 20.3. The SMILES string of the molecule is O=C(O)CCCc1ccc(I)cc1.O=CCCCc1ccc(I)cc1. The molecule has 0 aromatic heterocycles.